The zero-order valence-corrected chi connectivity index (χ0v) is 10.9. The van der Waals surface area contributed by atoms with Crippen LogP contribution in [-0.2, 0) is 9.53 Å². The summed E-state index contributed by atoms with van der Waals surface area (Å²) >= 11 is 5.61. The molecule has 102 valence electrons. The number of amides is 1. The van der Waals surface area contributed by atoms with Crippen molar-refractivity contribution >= 4 is 29.2 Å². The van der Waals surface area contributed by atoms with Crippen molar-refractivity contribution in [1.82, 2.24) is 9.88 Å². The van der Waals surface area contributed by atoms with Crippen LogP contribution in [0.15, 0.2) is 12.3 Å². The second-order valence-electron chi connectivity index (χ2n) is 3.52. The van der Waals surface area contributed by atoms with Crippen molar-refractivity contribution in [1.29, 1.82) is 0 Å². The summed E-state index contributed by atoms with van der Waals surface area (Å²) in [6.45, 7) is -0.327. The van der Waals surface area contributed by atoms with E-state index in [4.69, 9.17) is 11.6 Å². The molecule has 0 aliphatic carbocycles. The van der Waals surface area contributed by atoms with E-state index in [2.05, 4.69) is 9.72 Å². The molecule has 0 aliphatic heterocycles. The van der Waals surface area contributed by atoms with Crippen LogP contribution in [0.1, 0.15) is 10.4 Å². The minimum atomic E-state index is -0.747. The van der Waals surface area contributed by atoms with Gasteiger partial charge in [0.15, 0.2) is 0 Å². The van der Waals surface area contributed by atoms with Crippen molar-refractivity contribution in [2.75, 3.05) is 20.7 Å². The lowest BCUT2D eigenvalue weighted by molar-refractivity contribution is -0.385. The Balaban J connectivity index is 3.07. The molecule has 0 aromatic carbocycles. The Morgan fingerprint density at radius 3 is 2.74 bits per heavy atom. The number of rotatable bonds is 4. The number of halogens is 1. The molecule has 0 aliphatic rings. The van der Waals surface area contributed by atoms with E-state index in [-0.39, 0.29) is 17.3 Å². The molecule has 1 heterocycles. The lowest BCUT2D eigenvalue weighted by atomic mass is 10.2. The van der Waals surface area contributed by atoms with Crippen LogP contribution >= 0.6 is 11.6 Å². The molecule has 0 saturated carbocycles. The second kappa shape index (κ2) is 6.10. The minimum absolute atomic E-state index is 0.0552. The number of methoxy groups -OCH3 is 1. The van der Waals surface area contributed by atoms with E-state index in [0.29, 0.717) is 0 Å². The second-order valence-corrected chi connectivity index (χ2v) is 3.91. The molecule has 1 aromatic heterocycles. The van der Waals surface area contributed by atoms with Crippen LogP contribution < -0.4 is 0 Å². The number of likely N-dealkylation sites (N-methyl/N-ethyl adjacent to an activating group) is 1. The van der Waals surface area contributed by atoms with Gasteiger partial charge in [-0.2, -0.15) is 0 Å². The third-order valence-electron chi connectivity index (χ3n) is 2.22. The molecule has 1 aromatic rings. The first-order chi connectivity index (χ1) is 8.86. The van der Waals surface area contributed by atoms with E-state index in [1.165, 1.54) is 14.2 Å². The Bertz CT molecular complexity index is 534. The van der Waals surface area contributed by atoms with Gasteiger partial charge in [0, 0.05) is 7.05 Å². The van der Waals surface area contributed by atoms with Crippen LogP contribution in [0.3, 0.4) is 0 Å². The highest BCUT2D eigenvalue weighted by Crippen LogP contribution is 2.21. The molecule has 0 unspecified atom stereocenters. The quantitative estimate of drug-likeness (QED) is 0.352. The monoisotopic (exact) mass is 287 g/mol. The molecule has 0 atom stereocenters. The Morgan fingerprint density at radius 2 is 2.21 bits per heavy atom. The predicted octanol–water partition coefficient (Wildman–Crippen LogP) is 0.888. The summed E-state index contributed by atoms with van der Waals surface area (Å²) in [6, 6.07) is 1.08. The van der Waals surface area contributed by atoms with Gasteiger partial charge in [0.25, 0.3) is 11.6 Å². The smallest absolute Gasteiger partial charge is 0.325 e. The van der Waals surface area contributed by atoms with Gasteiger partial charge in [-0.05, 0) is 6.07 Å². The Hall–Kier alpha value is -2.22. The third kappa shape index (κ3) is 3.62. The lowest BCUT2D eigenvalue weighted by Gasteiger charge is -2.15. The summed E-state index contributed by atoms with van der Waals surface area (Å²) in [4.78, 5) is 37.6. The summed E-state index contributed by atoms with van der Waals surface area (Å²) in [5, 5.41) is 10.7. The van der Waals surface area contributed by atoms with E-state index in [1.54, 1.807) is 0 Å². The summed E-state index contributed by atoms with van der Waals surface area (Å²) in [5.74, 6) is -1.36. The number of carbonyl (C=O) groups is 2. The van der Waals surface area contributed by atoms with Crippen molar-refractivity contribution in [2.24, 2.45) is 0 Å². The van der Waals surface area contributed by atoms with Gasteiger partial charge in [0.1, 0.15) is 23.5 Å². The Labute approximate surface area is 113 Å². The fourth-order valence-corrected chi connectivity index (χ4v) is 1.43. The fraction of sp³-hybridized carbons (Fsp3) is 0.300. The van der Waals surface area contributed by atoms with Gasteiger partial charge in [-0.1, -0.05) is 11.6 Å². The zero-order chi connectivity index (χ0) is 14.6. The number of hydrogen-bond donors (Lipinski definition) is 0. The van der Waals surface area contributed by atoms with E-state index < -0.39 is 22.5 Å². The average molecular weight is 288 g/mol. The molecule has 0 saturated heterocycles. The van der Waals surface area contributed by atoms with Crippen LogP contribution in [0, 0.1) is 10.1 Å². The van der Waals surface area contributed by atoms with Gasteiger partial charge in [0.2, 0.25) is 0 Å². The largest absolute Gasteiger partial charge is 0.468 e. The first-order valence-corrected chi connectivity index (χ1v) is 5.36. The Morgan fingerprint density at radius 1 is 1.58 bits per heavy atom. The van der Waals surface area contributed by atoms with Crippen molar-refractivity contribution < 1.29 is 19.2 Å². The first kappa shape index (κ1) is 14.8. The standard InChI is InChI=1S/C10H10ClN3O5/c1-13(5-9(15)19-2)10(16)6-3-8(11)12-4-7(6)14(17)18/h3-4H,5H2,1-2H3. The van der Waals surface area contributed by atoms with Crippen LogP contribution in [0.4, 0.5) is 5.69 Å². The van der Waals surface area contributed by atoms with Crippen molar-refractivity contribution in [3.8, 4) is 0 Å². The number of nitro groups is 1. The molecule has 8 nitrogen and oxygen atoms in total. The van der Waals surface area contributed by atoms with Gasteiger partial charge in [-0.15, -0.1) is 0 Å². The van der Waals surface area contributed by atoms with Crippen LogP contribution in [-0.4, -0.2) is 47.4 Å². The lowest BCUT2D eigenvalue weighted by Crippen LogP contribution is -2.33. The van der Waals surface area contributed by atoms with Gasteiger partial charge < -0.3 is 9.64 Å². The van der Waals surface area contributed by atoms with Crippen LogP contribution in [0.5, 0.6) is 0 Å². The topological polar surface area (TPSA) is 103 Å². The number of pyridine rings is 1. The molecule has 0 spiro atoms. The number of nitrogens with zero attached hydrogens (tertiary/aromatic N) is 3. The number of carbonyl (C=O) groups excluding carboxylic acids is 2. The maximum atomic E-state index is 12.0. The highest BCUT2D eigenvalue weighted by atomic mass is 35.5. The molecule has 1 rings (SSSR count). The summed E-state index contributed by atoms with van der Waals surface area (Å²) in [5.41, 5.74) is -0.720. The van der Waals surface area contributed by atoms with Crippen molar-refractivity contribution in [3.63, 3.8) is 0 Å². The maximum Gasteiger partial charge on any atom is 0.325 e. The first-order valence-electron chi connectivity index (χ1n) is 4.99. The molecule has 0 radical (unpaired) electrons. The van der Waals surface area contributed by atoms with Gasteiger partial charge in [0.05, 0.1) is 12.0 Å². The number of esters is 1. The summed E-state index contributed by atoms with van der Waals surface area (Å²) in [7, 11) is 2.49. The molecule has 0 N–H and O–H groups in total. The highest BCUT2D eigenvalue weighted by Gasteiger charge is 2.25. The van der Waals surface area contributed by atoms with E-state index in [9.17, 15) is 19.7 Å². The van der Waals surface area contributed by atoms with Crippen molar-refractivity contribution in [2.45, 2.75) is 0 Å². The van der Waals surface area contributed by atoms with E-state index in [1.807, 2.05) is 0 Å². The fourth-order valence-electron chi connectivity index (χ4n) is 1.28. The van der Waals surface area contributed by atoms with Crippen molar-refractivity contribution in [3.05, 3.63) is 33.1 Å². The Kier molecular flexibility index (Phi) is 4.76. The SMILES string of the molecule is COC(=O)CN(C)C(=O)c1cc(Cl)ncc1[N+](=O)[O-]. The number of ether oxygens (including phenoxy) is 1. The highest BCUT2D eigenvalue weighted by molar-refractivity contribution is 6.29. The molecule has 1 amide bonds. The van der Waals surface area contributed by atoms with Gasteiger partial charge >= 0.3 is 5.97 Å². The van der Waals surface area contributed by atoms with Crippen LogP contribution in [0.25, 0.3) is 0 Å². The maximum absolute atomic E-state index is 12.0. The molecular formula is C10H10ClN3O5. The molecule has 19 heavy (non-hydrogen) atoms. The predicted molar refractivity (Wildman–Crippen MR) is 64.9 cm³/mol. The van der Waals surface area contributed by atoms with Gasteiger partial charge in [-0.3, -0.25) is 19.7 Å². The molecular weight excluding hydrogens is 278 g/mol. The molecule has 0 fully saturated rings. The van der Waals surface area contributed by atoms with E-state index >= 15 is 0 Å². The summed E-state index contributed by atoms with van der Waals surface area (Å²) in [6.07, 6.45) is 0.890. The normalized spacial score (nSPS) is 9.84. The summed E-state index contributed by atoms with van der Waals surface area (Å²) < 4.78 is 4.40. The minimum Gasteiger partial charge on any atom is -0.468 e. The molecule has 9 heteroatoms. The van der Waals surface area contributed by atoms with Crippen LogP contribution in [0.2, 0.25) is 5.15 Å². The zero-order valence-electron chi connectivity index (χ0n) is 10.1. The molecule has 0 bridgehead atoms. The number of aromatic nitrogens is 1. The average Bonchev–Trinajstić information content (AvgIpc) is 2.36. The van der Waals surface area contributed by atoms with Gasteiger partial charge in [-0.25, -0.2) is 4.98 Å². The number of hydrogen-bond acceptors (Lipinski definition) is 6. The van der Waals surface area contributed by atoms with E-state index in [0.717, 1.165) is 17.2 Å². The third-order valence-corrected chi connectivity index (χ3v) is 2.42.